The molecule has 1 amide bonds. The van der Waals surface area contributed by atoms with Crippen molar-refractivity contribution in [2.75, 3.05) is 10.6 Å². The van der Waals surface area contributed by atoms with Crippen LogP contribution in [0.4, 0.5) is 5.69 Å². The summed E-state index contributed by atoms with van der Waals surface area (Å²) in [7, 11) is -3.58. The van der Waals surface area contributed by atoms with Gasteiger partial charge in [-0.05, 0) is 37.8 Å². The van der Waals surface area contributed by atoms with Crippen molar-refractivity contribution in [2.24, 2.45) is 11.8 Å². The monoisotopic (exact) mass is 354 g/mol. The summed E-state index contributed by atoms with van der Waals surface area (Å²) >= 11 is 0. The number of anilines is 1. The van der Waals surface area contributed by atoms with Gasteiger partial charge < -0.3 is 5.32 Å². The number of amides is 1. The van der Waals surface area contributed by atoms with E-state index in [9.17, 15) is 13.2 Å². The Hall–Kier alpha value is -1.56. The molecule has 1 rings (SSSR count). The Bertz CT molecular complexity index is 643. The van der Waals surface area contributed by atoms with Gasteiger partial charge in [-0.2, -0.15) is 0 Å². The van der Waals surface area contributed by atoms with Gasteiger partial charge in [0.1, 0.15) is 6.04 Å². The van der Waals surface area contributed by atoms with Crippen molar-refractivity contribution in [3.05, 3.63) is 29.8 Å². The first-order valence-corrected chi connectivity index (χ1v) is 10.2. The van der Waals surface area contributed by atoms with Crippen LogP contribution >= 0.6 is 0 Å². The second-order valence-corrected chi connectivity index (χ2v) is 8.95. The Morgan fingerprint density at radius 3 is 1.83 bits per heavy atom. The second-order valence-electron chi connectivity index (χ2n) is 7.09. The Labute approximate surface area is 146 Å². The van der Waals surface area contributed by atoms with Gasteiger partial charge >= 0.3 is 0 Å². The summed E-state index contributed by atoms with van der Waals surface area (Å²) < 4.78 is 25.7. The third-order valence-electron chi connectivity index (χ3n) is 4.12. The van der Waals surface area contributed by atoms with Crippen molar-refractivity contribution in [3.8, 4) is 0 Å². The first kappa shape index (κ1) is 20.5. The highest BCUT2D eigenvalue weighted by Crippen LogP contribution is 2.22. The van der Waals surface area contributed by atoms with Gasteiger partial charge in [-0.25, -0.2) is 8.42 Å². The van der Waals surface area contributed by atoms with Gasteiger partial charge in [-0.3, -0.25) is 9.10 Å². The normalized spacial score (nSPS) is 13.4. The van der Waals surface area contributed by atoms with Crippen LogP contribution in [0.15, 0.2) is 24.3 Å². The Kier molecular flexibility index (Phi) is 6.84. The molecule has 0 radical (unpaired) electrons. The van der Waals surface area contributed by atoms with Crippen LogP contribution in [0.5, 0.6) is 0 Å². The smallest absolute Gasteiger partial charge is 0.243 e. The molecule has 24 heavy (non-hydrogen) atoms. The molecule has 0 saturated carbocycles. The molecule has 136 valence electrons. The Balaban J connectivity index is 3.11. The molecule has 0 fully saturated rings. The topological polar surface area (TPSA) is 66.5 Å². The van der Waals surface area contributed by atoms with Crippen molar-refractivity contribution < 1.29 is 13.2 Å². The molecule has 1 N–H and O–H groups in total. The van der Waals surface area contributed by atoms with Crippen LogP contribution in [0.3, 0.4) is 0 Å². The van der Waals surface area contributed by atoms with Crippen molar-refractivity contribution in [3.63, 3.8) is 0 Å². The van der Waals surface area contributed by atoms with E-state index < -0.39 is 16.1 Å². The fourth-order valence-corrected chi connectivity index (χ4v) is 4.06. The summed E-state index contributed by atoms with van der Waals surface area (Å²) in [6.07, 6.45) is 1.12. The van der Waals surface area contributed by atoms with Gasteiger partial charge in [0.05, 0.1) is 11.9 Å². The van der Waals surface area contributed by atoms with Gasteiger partial charge in [0.2, 0.25) is 15.9 Å². The maximum absolute atomic E-state index is 12.7. The van der Waals surface area contributed by atoms with Crippen LogP contribution in [0.2, 0.25) is 0 Å². The fourth-order valence-electron chi connectivity index (χ4n) is 2.89. The van der Waals surface area contributed by atoms with E-state index in [0.29, 0.717) is 5.69 Å². The predicted molar refractivity (Wildman–Crippen MR) is 99.6 cm³/mol. The van der Waals surface area contributed by atoms with Gasteiger partial charge in [0.15, 0.2) is 0 Å². The van der Waals surface area contributed by atoms with E-state index >= 15 is 0 Å². The summed E-state index contributed by atoms with van der Waals surface area (Å²) in [5.74, 6) is 0.257. The van der Waals surface area contributed by atoms with Crippen molar-refractivity contribution >= 4 is 21.6 Å². The van der Waals surface area contributed by atoms with Crippen molar-refractivity contribution in [1.82, 2.24) is 5.32 Å². The average molecular weight is 355 g/mol. The average Bonchev–Trinajstić information content (AvgIpc) is 2.44. The molecular weight excluding hydrogens is 324 g/mol. The van der Waals surface area contributed by atoms with E-state index in [2.05, 4.69) is 5.32 Å². The minimum Gasteiger partial charge on any atom is -0.351 e. The number of nitrogens with zero attached hydrogens (tertiary/aromatic N) is 1. The Morgan fingerprint density at radius 2 is 1.46 bits per heavy atom. The number of aryl methyl sites for hydroxylation is 1. The molecule has 5 nitrogen and oxygen atoms in total. The number of hydrogen-bond donors (Lipinski definition) is 1. The van der Waals surface area contributed by atoms with E-state index in [0.717, 1.165) is 11.8 Å². The molecule has 0 saturated heterocycles. The number of carbonyl (C=O) groups excluding carboxylic acids is 1. The standard InChI is InChI=1S/C18H30N2O3S/c1-12(2)17(13(3)4)19-18(21)15(6)20(24(7,22)23)16-10-8-14(5)9-11-16/h8-13,15,17H,1-7H3,(H,19,21)/t15-/m0/s1. The molecule has 1 aromatic rings. The maximum Gasteiger partial charge on any atom is 0.243 e. The first-order chi connectivity index (χ1) is 10.9. The minimum absolute atomic E-state index is 0.000576. The quantitative estimate of drug-likeness (QED) is 0.819. The molecule has 0 unspecified atom stereocenters. The second kappa shape index (κ2) is 8.01. The third-order valence-corrected chi connectivity index (χ3v) is 5.36. The van der Waals surface area contributed by atoms with E-state index in [4.69, 9.17) is 0 Å². The SMILES string of the molecule is Cc1ccc(N([C@@H](C)C(=O)NC(C(C)C)C(C)C)S(C)(=O)=O)cc1. The van der Waals surface area contributed by atoms with E-state index in [1.165, 1.54) is 4.31 Å². The lowest BCUT2D eigenvalue weighted by atomic mass is 9.93. The molecule has 0 heterocycles. The van der Waals surface area contributed by atoms with Crippen molar-refractivity contribution in [1.29, 1.82) is 0 Å². The Morgan fingerprint density at radius 1 is 1.00 bits per heavy atom. The van der Waals surface area contributed by atoms with Crippen LogP contribution in [0.25, 0.3) is 0 Å². The predicted octanol–water partition coefficient (Wildman–Crippen LogP) is 2.95. The molecule has 0 aromatic heterocycles. The zero-order valence-corrected chi connectivity index (χ0v) is 16.5. The number of benzene rings is 1. The van der Waals surface area contributed by atoms with Crippen molar-refractivity contribution in [2.45, 2.75) is 53.6 Å². The van der Waals surface area contributed by atoms with Crippen LogP contribution in [0, 0.1) is 18.8 Å². The van der Waals surface area contributed by atoms with Crippen LogP contribution in [0.1, 0.15) is 40.2 Å². The number of sulfonamides is 1. The highest BCUT2D eigenvalue weighted by Gasteiger charge is 2.31. The van der Waals surface area contributed by atoms with E-state index in [-0.39, 0.29) is 23.8 Å². The van der Waals surface area contributed by atoms with E-state index in [1.54, 1.807) is 19.1 Å². The molecule has 0 aliphatic carbocycles. The lowest BCUT2D eigenvalue weighted by Gasteiger charge is -2.32. The van der Waals surface area contributed by atoms with Crippen LogP contribution < -0.4 is 9.62 Å². The number of rotatable bonds is 7. The summed E-state index contributed by atoms with van der Waals surface area (Å²) in [6.45, 7) is 11.7. The van der Waals surface area contributed by atoms with Gasteiger partial charge in [0.25, 0.3) is 0 Å². The summed E-state index contributed by atoms with van der Waals surface area (Å²) in [5.41, 5.74) is 1.53. The molecule has 1 aromatic carbocycles. The zero-order chi connectivity index (χ0) is 18.7. The number of carbonyl (C=O) groups is 1. The number of hydrogen-bond acceptors (Lipinski definition) is 3. The van der Waals surface area contributed by atoms with Crippen LogP contribution in [-0.2, 0) is 14.8 Å². The molecule has 0 aliphatic rings. The lowest BCUT2D eigenvalue weighted by molar-refractivity contribution is -0.123. The summed E-state index contributed by atoms with van der Waals surface area (Å²) in [5, 5.41) is 3.00. The summed E-state index contributed by atoms with van der Waals surface area (Å²) in [6, 6.07) is 6.30. The molecule has 0 spiro atoms. The van der Waals surface area contributed by atoms with Crippen LogP contribution in [-0.4, -0.2) is 32.7 Å². The largest absolute Gasteiger partial charge is 0.351 e. The molecule has 0 aliphatic heterocycles. The highest BCUT2D eigenvalue weighted by atomic mass is 32.2. The zero-order valence-electron chi connectivity index (χ0n) is 15.7. The molecular formula is C18H30N2O3S. The maximum atomic E-state index is 12.7. The first-order valence-electron chi connectivity index (χ1n) is 8.31. The lowest BCUT2D eigenvalue weighted by Crippen LogP contribution is -2.52. The summed E-state index contributed by atoms with van der Waals surface area (Å²) in [4.78, 5) is 12.7. The third kappa shape index (κ3) is 5.23. The fraction of sp³-hybridized carbons (Fsp3) is 0.611. The van der Waals surface area contributed by atoms with Gasteiger partial charge in [-0.1, -0.05) is 45.4 Å². The molecule has 1 atom stereocenters. The van der Waals surface area contributed by atoms with Gasteiger partial charge in [-0.15, -0.1) is 0 Å². The van der Waals surface area contributed by atoms with E-state index in [1.807, 2.05) is 46.8 Å². The highest BCUT2D eigenvalue weighted by molar-refractivity contribution is 7.92. The molecule has 0 bridgehead atoms. The van der Waals surface area contributed by atoms with Gasteiger partial charge in [0, 0.05) is 6.04 Å². The minimum atomic E-state index is -3.58. The molecule has 6 heteroatoms. The number of nitrogens with one attached hydrogen (secondary N) is 1.